The molecule has 0 aliphatic carbocycles. The Bertz CT molecular complexity index is 1220. The van der Waals surface area contributed by atoms with E-state index in [9.17, 15) is 27.2 Å². The van der Waals surface area contributed by atoms with Crippen molar-refractivity contribution in [2.75, 3.05) is 32.8 Å². The molecule has 4 heterocycles. The number of benzene rings is 1. The molecule has 0 spiro atoms. The molecule has 0 radical (unpaired) electrons. The summed E-state index contributed by atoms with van der Waals surface area (Å²) in [6.07, 6.45) is -1.38. The maximum Gasteiger partial charge on any atom is 0.419 e. The predicted octanol–water partition coefficient (Wildman–Crippen LogP) is 3.16. The van der Waals surface area contributed by atoms with Gasteiger partial charge in [0.1, 0.15) is 12.4 Å². The third-order valence-electron chi connectivity index (χ3n) is 6.06. The van der Waals surface area contributed by atoms with Crippen LogP contribution in [0.5, 0.6) is 0 Å². The number of cyclic esters (lactones) is 1. The Labute approximate surface area is 191 Å². The number of hydrogen-bond acceptors (Lipinski definition) is 5. The summed E-state index contributed by atoms with van der Waals surface area (Å²) in [7, 11) is 0. The number of aliphatic imine (C=N–C) groups is 1. The molecule has 178 valence electrons. The van der Waals surface area contributed by atoms with E-state index < -0.39 is 29.6 Å². The van der Waals surface area contributed by atoms with E-state index in [2.05, 4.69) is 10.1 Å². The van der Waals surface area contributed by atoms with E-state index in [4.69, 9.17) is 4.74 Å². The number of rotatable bonds is 3. The topological polar surface area (TPSA) is 80.0 Å². The molecule has 12 heteroatoms. The lowest BCUT2D eigenvalue weighted by atomic mass is 10.1. The third kappa shape index (κ3) is 3.93. The van der Waals surface area contributed by atoms with E-state index in [1.54, 1.807) is 28.2 Å². The van der Waals surface area contributed by atoms with Gasteiger partial charge in [-0.05, 0) is 36.3 Å². The number of ether oxygens (including phenoxy) is 1. The fourth-order valence-corrected chi connectivity index (χ4v) is 4.31. The molecular formula is C22H19F4N5O3. The van der Waals surface area contributed by atoms with Gasteiger partial charge in [-0.25, -0.2) is 13.9 Å². The molecule has 0 saturated carbocycles. The molecule has 1 aromatic carbocycles. The molecule has 8 nitrogen and oxygen atoms in total. The van der Waals surface area contributed by atoms with Crippen LogP contribution in [0.3, 0.4) is 0 Å². The molecule has 3 aliphatic rings. The van der Waals surface area contributed by atoms with Crippen molar-refractivity contribution in [1.29, 1.82) is 0 Å². The van der Waals surface area contributed by atoms with E-state index in [0.29, 0.717) is 31.3 Å². The Hall–Kier alpha value is -3.70. The molecular weight excluding hydrogens is 458 g/mol. The van der Waals surface area contributed by atoms with Gasteiger partial charge in [0.15, 0.2) is 5.69 Å². The number of allylic oxidation sites excluding steroid dienone is 1. The zero-order valence-electron chi connectivity index (χ0n) is 17.8. The van der Waals surface area contributed by atoms with Crippen LogP contribution in [-0.4, -0.2) is 76.6 Å². The first-order valence-corrected chi connectivity index (χ1v) is 10.6. The third-order valence-corrected chi connectivity index (χ3v) is 6.06. The Morgan fingerprint density at radius 1 is 1.18 bits per heavy atom. The molecule has 0 N–H and O–H groups in total. The number of carbonyl (C=O) groups excluding carboxylic acids is 2. The summed E-state index contributed by atoms with van der Waals surface area (Å²) in [6.45, 7) is 1.58. The number of halogens is 4. The first-order chi connectivity index (χ1) is 16.2. The number of hydrogen-bond donors (Lipinski definition) is 0. The molecule has 1 atom stereocenters. The highest BCUT2D eigenvalue weighted by molar-refractivity contribution is 5.94. The standard InChI is InChI=1S/C22H19F4N5O3/c23-17-9-14(1-2-16(17)22(24,25)26)31-19(13-3-5-27-6-4-13)10-18(28-31)20(32)29-7-8-30-15(11-29)12-34-21(30)33/h1-3,5,9-10,15H,4,6-8,11-12H2/t15-/m0/s1. The van der Waals surface area contributed by atoms with Gasteiger partial charge in [-0.15, -0.1) is 0 Å². The summed E-state index contributed by atoms with van der Waals surface area (Å²) in [5, 5.41) is 4.34. The van der Waals surface area contributed by atoms with Gasteiger partial charge in [0.05, 0.1) is 23.0 Å². The van der Waals surface area contributed by atoms with Crippen LogP contribution in [-0.2, 0) is 10.9 Å². The Morgan fingerprint density at radius 2 is 2.00 bits per heavy atom. The van der Waals surface area contributed by atoms with Crippen molar-refractivity contribution in [3.63, 3.8) is 0 Å². The van der Waals surface area contributed by atoms with Crippen LogP contribution in [0.2, 0.25) is 0 Å². The summed E-state index contributed by atoms with van der Waals surface area (Å²) in [6, 6.07) is 3.84. The first kappa shape index (κ1) is 22.1. The lowest BCUT2D eigenvalue weighted by molar-refractivity contribution is -0.140. The van der Waals surface area contributed by atoms with Crippen LogP contribution in [0.25, 0.3) is 11.3 Å². The van der Waals surface area contributed by atoms with Crippen LogP contribution in [0.1, 0.15) is 28.2 Å². The number of nitrogens with zero attached hydrogens (tertiary/aromatic N) is 5. The Kier molecular flexibility index (Phi) is 5.37. The second-order valence-corrected chi connectivity index (χ2v) is 8.16. The second kappa shape index (κ2) is 8.26. The maximum absolute atomic E-state index is 14.3. The average Bonchev–Trinajstić information content (AvgIpc) is 3.42. The van der Waals surface area contributed by atoms with Gasteiger partial charge in [-0.1, -0.05) is 0 Å². The van der Waals surface area contributed by atoms with Crippen LogP contribution in [0.15, 0.2) is 35.3 Å². The number of piperazine rings is 1. The van der Waals surface area contributed by atoms with E-state index in [1.165, 1.54) is 4.68 Å². The lowest BCUT2D eigenvalue weighted by Gasteiger charge is -2.34. The van der Waals surface area contributed by atoms with E-state index in [0.717, 1.165) is 17.7 Å². The van der Waals surface area contributed by atoms with Crippen LogP contribution in [0, 0.1) is 5.82 Å². The van der Waals surface area contributed by atoms with Crippen molar-refractivity contribution in [3.05, 3.63) is 53.1 Å². The van der Waals surface area contributed by atoms with Gasteiger partial charge < -0.3 is 9.64 Å². The quantitative estimate of drug-likeness (QED) is 0.637. The van der Waals surface area contributed by atoms with Crippen molar-refractivity contribution >= 4 is 23.8 Å². The van der Waals surface area contributed by atoms with Crippen molar-refractivity contribution in [2.24, 2.45) is 4.99 Å². The van der Waals surface area contributed by atoms with Crippen LogP contribution in [0.4, 0.5) is 22.4 Å². The summed E-state index contributed by atoms with van der Waals surface area (Å²) < 4.78 is 59.7. The maximum atomic E-state index is 14.3. The summed E-state index contributed by atoms with van der Waals surface area (Å²) in [4.78, 5) is 32.2. The minimum atomic E-state index is -4.83. The summed E-state index contributed by atoms with van der Waals surface area (Å²) in [5.74, 6) is -1.82. The highest BCUT2D eigenvalue weighted by Gasteiger charge is 2.39. The number of dihydropyridines is 1. The monoisotopic (exact) mass is 477 g/mol. The number of amides is 2. The minimum Gasteiger partial charge on any atom is -0.447 e. The second-order valence-electron chi connectivity index (χ2n) is 8.16. The molecule has 2 aromatic rings. The van der Waals surface area contributed by atoms with Crippen LogP contribution < -0.4 is 0 Å². The van der Waals surface area contributed by atoms with Gasteiger partial charge in [0, 0.05) is 38.5 Å². The normalized spacial score (nSPS) is 20.3. The van der Waals surface area contributed by atoms with Crippen LogP contribution >= 0.6 is 0 Å². The molecule has 2 amide bonds. The molecule has 1 aromatic heterocycles. The highest BCUT2D eigenvalue weighted by Crippen LogP contribution is 2.33. The predicted molar refractivity (Wildman–Crippen MR) is 112 cm³/mol. The van der Waals surface area contributed by atoms with E-state index >= 15 is 0 Å². The SMILES string of the molecule is O=C(c1cc(C2=CC=NCC2)n(-c2ccc(C(F)(F)F)c(F)c2)n1)N1CCN2C(=O)OC[C@@H]2C1. The zero-order valence-corrected chi connectivity index (χ0v) is 17.8. The molecule has 0 unspecified atom stereocenters. The van der Waals surface area contributed by atoms with Crippen molar-refractivity contribution in [3.8, 4) is 5.69 Å². The fraction of sp³-hybridized carbons (Fsp3) is 0.364. The Balaban J connectivity index is 1.50. The Morgan fingerprint density at radius 3 is 2.71 bits per heavy atom. The minimum absolute atomic E-state index is 0.0579. The zero-order chi connectivity index (χ0) is 24.0. The van der Waals surface area contributed by atoms with E-state index in [1.807, 2.05) is 0 Å². The highest BCUT2D eigenvalue weighted by atomic mass is 19.4. The van der Waals surface area contributed by atoms with Gasteiger partial charge in [0.2, 0.25) is 0 Å². The molecule has 5 rings (SSSR count). The van der Waals surface area contributed by atoms with Gasteiger partial charge in [-0.3, -0.25) is 14.7 Å². The molecule has 34 heavy (non-hydrogen) atoms. The first-order valence-electron chi connectivity index (χ1n) is 10.6. The summed E-state index contributed by atoms with van der Waals surface area (Å²) in [5.41, 5.74) is -0.0235. The summed E-state index contributed by atoms with van der Waals surface area (Å²) >= 11 is 0. The largest absolute Gasteiger partial charge is 0.447 e. The van der Waals surface area contributed by atoms with Crippen molar-refractivity contribution in [1.82, 2.24) is 19.6 Å². The van der Waals surface area contributed by atoms with Crippen molar-refractivity contribution in [2.45, 2.75) is 18.6 Å². The van der Waals surface area contributed by atoms with E-state index in [-0.39, 0.29) is 37.1 Å². The number of carbonyl (C=O) groups is 2. The number of fused-ring (bicyclic) bond motifs is 1. The molecule has 2 fully saturated rings. The van der Waals surface area contributed by atoms with Gasteiger partial charge in [-0.2, -0.15) is 18.3 Å². The molecule has 3 aliphatic heterocycles. The smallest absolute Gasteiger partial charge is 0.419 e. The van der Waals surface area contributed by atoms with Crippen molar-refractivity contribution < 1.29 is 31.9 Å². The van der Waals surface area contributed by atoms with Gasteiger partial charge >= 0.3 is 12.3 Å². The fourth-order valence-electron chi connectivity index (χ4n) is 4.31. The molecule has 0 bridgehead atoms. The number of alkyl halides is 3. The average molecular weight is 477 g/mol. The molecule has 2 saturated heterocycles. The van der Waals surface area contributed by atoms with Gasteiger partial charge in [0.25, 0.3) is 5.91 Å². The lowest BCUT2D eigenvalue weighted by Crippen LogP contribution is -2.53. The number of aromatic nitrogens is 2.